The van der Waals surface area contributed by atoms with E-state index in [1.165, 1.54) is 16.0 Å². The van der Waals surface area contributed by atoms with Gasteiger partial charge >= 0.3 is 0 Å². The SMILES string of the molecule is Cc1sc2c(c1C)C(c1ccc(Cl)cc1)=NC(CC(=O)N1CCC(Cc3ccccc3)CC1)c1nnc(C)n1-2. The Morgan fingerprint density at radius 1 is 1.00 bits per heavy atom. The van der Waals surface area contributed by atoms with Gasteiger partial charge in [0.2, 0.25) is 5.91 Å². The summed E-state index contributed by atoms with van der Waals surface area (Å²) >= 11 is 7.95. The molecule has 200 valence electrons. The van der Waals surface area contributed by atoms with Crippen molar-refractivity contribution in [2.24, 2.45) is 10.9 Å². The number of amides is 1. The van der Waals surface area contributed by atoms with Crippen LogP contribution in [0.2, 0.25) is 5.02 Å². The third-order valence-electron chi connectivity index (χ3n) is 8.06. The molecule has 2 aliphatic rings. The molecule has 4 heterocycles. The molecule has 2 aromatic heterocycles. The number of carbonyl (C=O) groups is 1. The molecule has 39 heavy (non-hydrogen) atoms. The van der Waals surface area contributed by atoms with Crippen LogP contribution in [-0.2, 0) is 11.2 Å². The standard InChI is InChI=1S/C31H32ClN5OS/c1-19-20(2)39-31-28(19)29(24-9-11-25(32)12-10-24)33-26(30-35-34-21(3)37(30)31)18-27(38)36-15-13-23(14-16-36)17-22-7-5-4-6-8-22/h4-12,23,26H,13-18H2,1-3H3. The molecule has 6 nitrogen and oxygen atoms in total. The Morgan fingerprint density at radius 3 is 2.44 bits per heavy atom. The minimum absolute atomic E-state index is 0.128. The van der Waals surface area contributed by atoms with Crippen LogP contribution in [0.25, 0.3) is 5.00 Å². The van der Waals surface area contributed by atoms with Gasteiger partial charge in [-0.1, -0.05) is 54.1 Å². The van der Waals surface area contributed by atoms with E-state index in [1.807, 2.05) is 36.1 Å². The van der Waals surface area contributed by atoms with Crippen LogP contribution in [0.1, 0.15) is 64.1 Å². The van der Waals surface area contributed by atoms with E-state index in [2.05, 4.69) is 58.9 Å². The molecule has 1 amide bonds. The van der Waals surface area contributed by atoms with Gasteiger partial charge in [-0.05, 0) is 69.2 Å². The van der Waals surface area contributed by atoms with Gasteiger partial charge in [-0.25, -0.2) is 0 Å². The van der Waals surface area contributed by atoms with Crippen LogP contribution in [0.5, 0.6) is 0 Å². The van der Waals surface area contributed by atoms with Crippen LogP contribution in [-0.4, -0.2) is 44.4 Å². The number of hydrogen-bond acceptors (Lipinski definition) is 5. The number of fused-ring (bicyclic) bond motifs is 3. The predicted molar refractivity (Wildman–Crippen MR) is 157 cm³/mol. The summed E-state index contributed by atoms with van der Waals surface area (Å²) in [5, 5.41) is 10.7. The summed E-state index contributed by atoms with van der Waals surface area (Å²) in [4.78, 5) is 22.2. The third kappa shape index (κ3) is 5.06. The number of halogens is 1. The highest BCUT2D eigenvalue weighted by Crippen LogP contribution is 2.40. The van der Waals surface area contributed by atoms with Crippen LogP contribution in [0.3, 0.4) is 0 Å². The topological polar surface area (TPSA) is 63.4 Å². The van der Waals surface area contributed by atoms with Gasteiger partial charge in [0.05, 0.1) is 12.1 Å². The van der Waals surface area contributed by atoms with Crippen molar-refractivity contribution in [3.8, 4) is 5.00 Å². The first-order chi connectivity index (χ1) is 18.9. The van der Waals surface area contributed by atoms with Crippen LogP contribution in [0.15, 0.2) is 59.6 Å². The molecule has 0 bridgehead atoms. The fourth-order valence-electron chi connectivity index (χ4n) is 5.76. The third-order valence-corrected chi connectivity index (χ3v) is 9.50. The van der Waals surface area contributed by atoms with Gasteiger partial charge in [-0.2, -0.15) is 0 Å². The van der Waals surface area contributed by atoms with E-state index >= 15 is 0 Å². The zero-order valence-electron chi connectivity index (χ0n) is 22.5. The van der Waals surface area contributed by atoms with Gasteiger partial charge in [-0.3, -0.25) is 14.4 Å². The quantitative estimate of drug-likeness (QED) is 0.275. The van der Waals surface area contributed by atoms with Crippen molar-refractivity contribution in [2.75, 3.05) is 13.1 Å². The smallest absolute Gasteiger partial charge is 0.225 e. The van der Waals surface area contributed by atoms with E-state index in [0.717, 1.165) is 65.8 Å². The summed E-state index contributed by atoms with van der Waals surface area (Å²) in [6.07, 6.45) is 3.39. The molecule has 0 saturated carbocycles. The Balaban J connectivity index is 1.29. The number of benzene rings is 2. The number of likely N-dealkylation sites (tertiary alicyclic amines) is 1. The van der Waals surface area contributed by atoms with Gasteiger partial charge in [0, 0.05) is 34.1 Å². The second kappa shape index (κ2) is 10.7. The molecule has 1 atom stereocenters. The van der Waals surface area contributed by atoms with Crippen LogP contribution in [0, 0.1) is 26.7 Å². The highest BCUT2D eigenvalue weighted by atomic mass is 35.5. The Labute approximate surface area is 238 Å². The first-order valence-electron chi connectivity index (χ1n) is 13.6. The van der Waals surface area contributed by atoms with Crippen molar-refractivity contribution in [1.29, 1.82) is 0 Å². The first-order valence-corrected chi connectivity index (χ1v) is 14.8. The van der Waals surface area contributed by atoms with E-state index in [4.69, 9.17) is 16.6 Å². The maximum absolute atomic E-state index is 13.7. The number of nitrogens with zero attached hydrogens (tertiary/aromatic N) is 5. The molecule has 0 N–H and O–H groups in total. The fourth-order valence-corrected chi connectivity index (χ4v) is 7.10. The summed E-state index contributed by atoms with van der Waals surface area (Å²) in [5.74, 6) is 2.27. The zero-order chi connectivity index (χ0) is 27.1. The minimum atomic E-state index is -0.425. The predicted octanol–water partition coefficient (Wildman–Crippen LogP) is 6.67. The largest absolute Gasteiger partial charge is 0.343 e. The van der Waals surface area contributed by atoms with Crippen molar-refractivity contribution in [1.82, 2.24) is 19.7 Å². The second-order valence-corrected chi connectivity index (χ2v) is 12.3. The lowest BCUT2D eigenvalue weighted by atomic mass is 9.90. The lowest BCUT2D eigenvalue weighted by molar-refractivity contribution is -0.133. The van der Waals surface area contributed by atoms with Gasteiger partial charge in [-0.15, -0.1) is 21.5 Å². The van der Waals surface area contributed by atoms with Crippen molar-refractivity contribution in [2.45, 2.75) is 52.5 Å². The molecular formula is C31H32ClN5OS. The summed E-state index contributed by atoms with van der Waals surface area (Å²) in [7, 11) is 0. The number of hydrogen-bond donors (Lipinski definition) is 0. The minimum Gasteiger partial charge on any atom is -0.343 e. The Hall–Kier alpha value is -3.29. The first kappa shape index (κ1) is 26.0. The molecule has 0 spiro atoms. The molecule has 6 rings (SSSR count). The number of thiophene rings is 1. The molecule has 1 saturated heterocycles. The van der Waals surface area contributed by atoms with E-state index in [0.29, 0.717) is 10.9 Å². The number of aryl methyl sites for hydroxylation is 2. The van der Waals surface area contributed by atoms with Crippen molar-refractivity contribution in [3.05, 3.63) is 98.4 Å². The van der Waals surface area contributed by atoms with Gasteiger partial charge < -0.3 is 4.90 Å². The van der Waals surface area contributed by atoms with Crippen molar-refractivity contribution in [3.63, 3.8) is 0 Å². The molecule has 4 aromatic rings. The Bertz CT molecular complexity index is 1530. The fraction of sp³-hybridized carbons (Fsp3) is 0.355. The van der Waals surface area contributed by atoms with Gasteiger partial charge in [0.15, 0.2) is 5.82 Å². The van der Waals surface area contributed by atoms with Crippen LogP contribution < -0.4 is 0 Å². The van der Waals surface area contributed by atoms with Gasteiger partial charge in [0.1, 0.15) is 16.9 Å². The number of piperidine rings is 1. The molecular weight excluding hydrogens is 526 g/mol. The van der Waals surface area contributed by atoms with E-state index < -0.39 is 6.04 Å². The molecule has 0 radical (unpaired) electrons. The normalized spacial score (nSPS) is 17.4. The molecule has 0 aliphatic carbocycles. The lowest BCUT2D eigenvalue weighted by Gasteiger charge is -2.32. The molecule has 1 unspecified atom stereocenters. The Morgan fingerprint density at radius 2 is 1.72 bits per heavy atom. The average molecular weight is 558 g/mol. The second-order valence-electron chi connectivity index (χ2n) is 10.6. The van der Waals surface area contributed by atoms with Crippen molar-refractivity contribution >= 4 is 34.6 Å². The number of carbonyl (C=O) groups excluding carboxylic acids is 1. The summed E-state index contributed by atoms with van der Waals surface area (Å²) in [5.41, 5.74) is 5.51. The highest BCUT2D eigenvalue weighted by Gasteiger charge is 2.34. The molecule has 2 aliphatic heterocycles. The lowest BCUT2D eigenvalue weighted by Crippen LogP contribution is -2.39. The monoisotopic (exact) mass is 557 g/mol. The summed E-state index contributed by atoms with van der Waals surface area (Å²) in [6.45, 7) is 7.81. The van der Waals surface area contributed by atoms with E-state index in [9.17, 15) is 4.79 Å². The van der Waals surface area contributed by atoms with Gasteiger partial charge in [0.25, 0.3) is 0 Å². The van der Waals surface area contributed by atoms with Crippen LogP contribution in [0.4, 0.5) is 0 Å². The van der Waals surface area contributed by atoms with E-state index in [1.54, 1.807) is 11.3 Å². The van der Waals surface area contributed by atoms with Crippen LogP contribution >= 0.6 is 22.9 Å². The van der Waals surface area contributed by atoms with Crippen molar-refractivity contribution < 1.29 is 4.79 Å². The number of aliphatic imine (C=N–C) groups is 1. The highest BCUT2D eigenvalue weighted by molar-refractivity contribution is 7.15. The molecule has 2 aromatic carbocycles. The maximum Gasteiger partial charge on any atom is 0.225 e. The Kier molecular flexibility index (Phi) is 7.12. The number of aromatic nitrogens is 3. The summed E-state index contributed by atoms with van der Waals surface area (Å²) < 4.78 is 2.11. The average Bonchev–Trinajstić information content (AvgIpc) is 3.42. The maximum atomic E-state index is 13.7. The number of rotatable bonds is 5. The van der Waals surface area contributed by atoms with E-state index in [-0.39, 0.29) is 12.3 Å². The summed E-state index contributed by atoms with van der Waals surface area (Å²) in [6, 6.07) is 18.0. The molecule has 1 fully saturated rings. The zero-order valence-corrected chi connectivity index (χ0v) is 24.1. The molecule has 8 heteroatoms.